The molecule has 1 N–H and O–H groups in total. The Balaban J connectivity index is 1.41. The number of H-pyrrole nitrogens is 1. The van der Waals surface area contributed by atoms with E-state index in [1.165, 1.54) is 12.0 Å². The van der Waals surface area contributed by atoms with Crippen LogP contribution in [0.5, 0.6) is 0 Å². The van der Waals surface area contributed by atoms with Crippen LogP contribution in [0.3, 0.4) is 0 Å². The van der Waals surface area contributed by atoms with Gasteiger partial charge in [-0.05, 0) is 38.1 Å². The zero-order chi connectivity index (χ0) is 18.8. The average Bonchev–Trinajstić information content (AvgIpc) is 3.22. The van der Waals surface area contributed by atoms with Gasteiger partial charge in [0.15, 0.2) is 5.82 Å². The summed E-state index contributed by atoms with van der Waals surface area (Å²) in [5.74, 6) is 0.770. The Morgan fingerprint density at radius 2 is 1.67 bits per heavy atom. The lowest BCUT2D eigenvalue weighted by Crippen LogP contribution is -2.48. The molecule has 0 atom stereocenters. The Labute approximate surface area is 158 Å². The topological polar surface area (TPSA) is 78.0 Å². The van der Waals surface area contributed by atoms with E-state index in [9.17, 15) is 4.79 Å². The van der Waals surface area contributed by atoms with Crippen molar-refractivity contribution in [3.8, 4) is 11.4 Å². The lowest BCUT2D eigenvalue weighted by Gasteiger charge is -2.36. The summed E-state index contributed by atoms with van der Waals surface area (Å²) in [4.78, 5) is 25.6. The van der Waals surface area contributed by atoms with Crippen molar-refractivity contribution in [2.24, 2.45) is 0 Å². The molecule has 1 fully saturated rings. The molecule has 3 heterocycles. The number of piperazine rings is 1. The number of rotatable bonds is 3. The van der Waals surface area contributed by atoms with Gasteiger partial charge >= 0.3 is 0 Å². The first-order valence-electron chi connectivity index (χ1n) is 9.05. The van der Waals surface area contributed by atoms with Gasteiger partial charge in [0.25, 0.3) is 5.91 Å². The summed E-state index contributed by atoms with van der Waals surface area (Å²) >= 11 is 0. The van der Waals surface area contributed by atoms with E-state index < -0.39 is 0 Å². The highest BCUT2D eigenvalue weighted by Gasteiger charge is 2.22. The van der Waals surface area contributed by atoms with Crippen LogP contribution in [-0.4, -0.2) is 57.2 Å². The Morgan fingerprint density at radius 1 is 1.00 bits per heavy atom. The molecule has 0 radical (unpaired) electrons. The Kier molecular flexibility index (Phi) is 4.58. The van der Waals surface area contributed by atoms with E-state index in [-0.39, 0.29) is 5.91 Å². The first-order valence-corrected chi connectivity index (χ1v) is 9.05. The molecule has 0 saturated carbocycles. The number of amides is 1. The standard InChI is InChI=1S/C20H22N6O/c1-14-11-18(12-15(2)23-14)25-7-9-26(10-8-25)20(27)17-5-3-16(4-6-17)19-21-13-22-24-19/h3-6,11-13H,7-10H2,1-2H3,(H,21,22,24). The third-order valence-corrected chi connectivity index (χ3v) is 4.82. The smallest absolute Gasteiger partial charge is 0.253 e. The molecule has 27 heavy (non-hydrogen) atoms. The molecule has 1 aromatic carbocycles. The number of aromatic nitrogens is 4. The summed E-state index contributed by atoms with van der Waals surface area (Å²) in [6.45, 7) is 7.10. The van der Waals surface area contributed by atoms with Crippen molar-refractivity contribution in [2.45, 2.75) is 13.8 Å². The SMILES string of the molecule is Cc1cc(N2CCN(C(=O)c3ccc(-c4ncn[nH]4)cc3)CC2)cc(C)n1. The fourth-order valence-corrected chi connectivity index (χ4v) is 3.46. The number of benzene rings is 1. The van der Waals surface area contributed by atoms with Crippen LogP contribution in [0.15, 0.2) is 42.7 Å². The minimum atomic E-state index is 0.0702. The molecule has 0 unspecified atom stereocenters. The van der Waals surface area contributed by atoms with Gasteiger partial charge in [0.1, 0.15) is 6.33 Å². The molecule has 1 aliphatic rings. The third kappa shape index (κ3) is 3.67. The number of anilines is 1. The van der Waals surface area contributed by atoms with Crippen LogP contribution in [0.1, 0.15) is 21.7 Å². The second-order valence-corrected chi connectivity index (χ2v) is 6.80. The summed E-state index contributed by atoms with van der Waals surface area (Å²) in [6.07, 6.45) is 1.47. The van der Waals surface area contributed by atoms with Gasteiger partial charge in [0, 0.05) is 54.4 Å². The van der Waals surface area contributed by atoms with Crippen molar-refractivity contribution >= 4 is 11.6 Å². The molecule has 0 spiro atoms. The van der Waals surface area contributed by atoms with E-state index in [4.69, 9.17) is 0 Å². The Bertz CT molecular complexity index is 907. The van der Waals surface area contributed by atoms with Crippen LogP contribution in [0.2, 0.25) is 0 Å². The maximum Gasteiger partial charge on any atom is 0.253 e. The van der Waals surface area contributed by atoms with Crippen molar-refractivity contribution in [1.82, 2.24) is 25.1 Å². The van der Waals surface area contributed by atoms with Crippen LogP contribution < -0.4 is 4.90 Å². The average molecular weight is 362 g/mol. The molecular formula is C20H22N6O. The normalized spacial score (nSPS) is 14.4. The fourth-order valence-electron chi connectivity index (χ4n) is 3.46. The number of aryl methyl sites for hydroxylation is 2. The monoisotopic (exact) mass is 362 g/mol. The fraction of sp³-hybridized carbons (Fsp3) is 0.300. The van der Waals surface area contributed by atoms with E-state index in [1.807, 2.05) is 43.0 Å². The second-order valence-electron chi connectivity index (χ2n) is 6.80. The zero-order valence-corrected chi connectivity index (χ0v) is 15.5. The number of hydrogen-bond acceptors (Lipinski definition) is 5. The number of pyridine rings is 1. The van der Waals surface area contributed by atoms with E-state index in [0.29, 0.717) is 24.5 Å². The lowest BCUT2D eigenvalue weighted by molar-refractivity contribution is 0.0747. The number of nitrogens with one attached hydrogen (secondary N) is 1. The highest BCUT2D eigenvalue weighted by Crippen LogP contribution is 2.20. The molecule has 138 valence electrons. The number of nitrogens with zero attached hydrogens (tertiary/aromatic N) is 5. The number of aromatic amines is 1. The van der Waals surface area contributed by atoms with E-state index in [2.05, 4.69) is 37.2 Å². The molecule has 3 aromatic rings. The summed E-state index contributed by atoms with van der Waals surface area (Å²) in [5.41, 5.74) is 4.84. The first-order chi connectivity index (χ1) is 13.1. The predicted octanol–water partition coefficient (Wildman–Crippen LogP) is 2.45. The molecule has 1 amide bonds. The maximum absolute atomic E-state index is 12.8. The van der Waals surface area contributed by atoms with E-state index in [1.54, 1.807) is 0 Å². The Hall–Kier alpha value is -3.22. The predicted molar refractivity (Wildman–Crippen MR) is 104 cm³/mol. The molecule has 1 aliphatic heterocycles. The minimum absolute atomic E-state index is 0.0702. The molecule has 7 nitrogen and oxygen atoms in total. The minimum Gasteiger partial charge on any atom is -0.368 e. The quantitative estimate of drug-likeness (QED) is 0.774. The van der Waals surface area contributed by atoms with E-state index >= 15 is 0 Å². The van der Waals surface area contributed by atoms with Crippen molar-refractivity contribution in [3.05, 3.63) is 59.7 Å². The maximum atomic E-state index is 12.8. The van der Waals surface area contributed by atoms with Crippen LogP contribution in [-0.2, 0) is 0 Å². The van der Waals surface area contributed by atoms with Crippen molar-refractivity contribution in [1.29, 1.82) is 0 Å². The first kappa shape index (κ1) is 17.2. The number of carbonyl (C=O) groups excluding carboxylic acids is 1. The molecule has 4 rings (SSSR count). The molecular weight excluding hydrogens is 340 g/mol. The Morgan fingerprint density at radius 3 is 2.26 bits per heavy atom. The van der Waals surface area contributed by atoms with Gasteiger partial charge in [-0.15, -0.1) is 0 Å². The molecule has 0 bridgehead atoms. The molecule has 1 saturated heterocycles. The van der Waals surface area contributed by atoms with Crippen LogP contribution in [0.4, 0.5) is 5.69 Å². The molecule has 2 aromatic heterocycles. The summed E-state index contributed by atoms with van der Waals surface area (Å²) in [7, 11) is 0. The van der Waals surface area contributed by atoms with Crippen LogP contribution in [0.25, 0.3) is 11.4 Å². The third-order valence-electron chi connectivity index (χ3n) is 4.82. The van der Waals surface area contributed by atoms with Gasteiger partial charge in [-0.3, -0.25) is 14.9 Å². The van der Waals surface area contributed by atoms with Gasteiger partial charge in [0.2, 0.25) is 0 Å². The second kappa shape index (κ2) is 7.19. The van der Waals surface area contributed by atoms with Crippen molar-refractivity contribution in [2.75, 3.05) is 31.1 Å². The zero-order valence-electron chi connectivity index (χ0n) is 15.5. The highest BCUT2D eigenvalue weighted by molar-refractivity contribution is 5.94. The van der Waals surface area contributed by atoms with Gasteiger partial charge in [-0.2, -0.15) is 5.10 Å². The summed E-state index contributed by atoms with van der Waals surface area (Å²) in [6, 6.07) is 11.7. The lowest BCUT2D eigenvalue weighted by atomic mass is 10.1. The summed E-state index contributed by atoms with van der Waals surface area (Å²) < 4.78 is 0. The van der Waals surface area contributed by atoms with Gasteiger partial charge < -0.3 is 9.80 Å². The van der Waals surface area contributed by atoms with E-state index in [0.717, 1.165) is 30.0 Å². The largest absolute Gasteiger partial charge is 0.368 e. The van der Waals surface area contributed by atoms with Crippen molar-refractivity contribution in [3.63, 3.8) is 0 Å². The molecule has 7 heteroatoms. The number of carbonyl (C=O) groups is 1. The van der Waals surface area contributed by atoms with Gasteiger partial charge in [-0.1, -0.05) is 12.1 Å². The highest BCUT2D eigenvalue weighted by atomic mass is 16.2. The van der Waals surface area contributed by atoms with Gasteiger partial charge in [0.05, 0.1) is 0 Å². The van der Waals surface area contributed by atoms with Crippen LogP contribution >= 0.6 is 0 Å². The van der Waals surface area contributed by atoms with Gasteiger partial charge in [-0.25, -0.2) is 4.98 Å². The summed E-state index contributed by atoms with van der Waals surface area (Å²) in [5, 5.41) is 6.68. The number of hydrogen-bond donors (Lipinski definition) is 1. The molecule has 0 aliphatic carbocycles. The van der Waals surface area contributed by atoms with Crippen molar-refractivity contribution < 1.29 is 4.79 Å². The van der Waals surface area contributed by atoms with Crippen LogP contribution in [0, 0.1) is 13.8 Å².